The molecule has 2 heterocycles. The first-order valence-corrected chi connectivity index (χ1v) is 11.1. The fourth-order valence-corrected chi connectivity index (χ4v) is 3.69. The van der Waals surface area contributed by atoms with Crippen LogP contribution in [0.1, 0.15) is 70.6 Å². The van der Waals surface area contributed by atoms with Crippen molar-refractivity contribution in [2.75, 3.05) is 0 Å². The van der Waals surface area contributed by atoms with Crippen LogP contribution in [0.3, 0.4) is 0 Å². The smallest absolute Gasteiger partial charge is 0.309 e. The monoisotopic (exact) mass is 427 g/mol. The number of hydrogen-bond donors (Lipinski definition) is 2. The molecule has 2 N–H and O–H groups in total. The molecule has 0 saturated carbocycles. The molecule has 1 aliphatic rings. The molecule has 5 nitrogen and oxygen atoms in total. The highest BCUT2D eigenvalue weighted by molar-refractivity contribution is 5.70. The Morgan fingerprint density at radius 3 is 2.87 bits per heavy atom. The SMILES string of the molecule is C/C(=C\C=C\C(C)c1cc(C)ccn1)[C@H]1OC(=O)C[C@H](O)CC[C@@](C)(O)C/C=C/[C@@H]1C. The van der Waals surface area contributed by atoms with Crippen molar-refractivity contribution in [3.63, 3.8) is 0 Å². The molecule has 0 aromatic carbocycles. The Morgan fingerprint density at radius 1 is 1.42 bits per heavy atom. The van der Waals surface area contributed by atoms with E-state index in [4.69, 9.17) is 4.74 Å². The minimum absolute atomic E-state index is 0.0585. The molecule has 0 saturated heterocycles. The average molecular weight is 428 g/mol. The van der Waals surface area contributed by atoms with Crippen LogP contribution in [0.25, 0.3) is 0 Å². The highest BCUT2D eigenvalue weighted by Crippen LogP contribution is 2.25. The van der Waals surface area contributed by atoms with E-state index in [-0.39, 0.29) is 18.3 Å². The van der Waals surface area contributed by atoms with Gasteiger partial charge in [-0.1, -0.05) is 44.2 Å². The Balaban J connectivity index is 2.17. The van der Waals surface area contributed by atoms with Crippen molar-refractivity contribution in [3.05, 3.63) is 65.5 Å². The van der Waals surface area contributed by atoms with Gasteiger partial charge in [0.05, 0.1) is 18.1 Å². The van der Waals surface area contributed by atoms with Crippen LogP contribution >= 0.6 is 0 Å². The Bertz CT molecular complexity index is 824. The van der Waals surface area contributed by atoms with Gasteiger partial charge in [-0.15, -0.1) is 0 Å². The summed E-state index contributed by atoms with van der Waals surface area (Å²) in [5.41, 5.74) is 2.21. The number of carbonyl (C=O) groups excluding carboxylic acids is 1. The maximum Gasteiger partial charge on any atom is 0.309 e. The zero-order valence-electron chi connectivity index (χ0n) is 19.4. The average Bonchev–Trinajstić information content (AvgIpc) is 2.69. The molecule has 1 unspecified atom stereocenters. The summed E-state index contributed by atoms with van der Waals surface area (Å²) in [6.07, 6.45) is 11.7. The fourth-order valence-electron chi connectivity index (χ4n) is 3.69. The molecule has 0 spiro atoms. The van der Waals surface area contributed by atoms with E-state index in [0.29, 0.717) is 19.3 Å². The second-order valence-electron chi connectivity index (χ2n) is 9.14. The van der Waals surface area contributed by atoms with Crippen molar-refractivity contribution in [2.24, 2.45) is 5.92 Å². The van der Waals surface area contributed by atoms with Crippen LogP contribution < -0.4 is 0 Å². The van der Waals surface area contributed by atoms with Crippen LogP contribution in [0.5, 0.6) is 0 Å². The number of aliphatic hydroxyl groups is 2. The molecule has 0 amide bonds. The maximum absolute atomic E-state index is 12.4. The number of nitrogens with zero attached hydrogens (tertiary/aromatic N) is 1. The summed E-state index contributed by atoms with van der Waals surface area (Å²) in [5.74, 6) is -0.318. The molecule has 1 aromatic heterocycles. The number of aliphatic hydroxyl groups excluding tert-OH is 1. The Hall–Kier alpha value is -2.24. The van der Waals surface area contributed by atoms with E-state index in [9.17, 15) is 15.0 Å². The second-order valence-corrected chi connectivity index (χ2v) is 9.14. The summed E-state index contributed by atoms with van der Waals surface area (Å²) >= 11 is 0. The van der Waals surface area contributed by atoms with E-state index in [2.05, 4.69) is 31.0 Å². The van der Waals surface area contributed by atoms with Crippen molar-refractivity contribution in [2.45, 2.75) is 84.0 Å². The lowest BCUT2D eigenvalue weighted by molar-refractivity contribution is -0.151. The van der Waals surface area contributed by atoms with Gasteiger partial charge in [-0.25, -0.2) is 0 Å². The summed E-state index contributed by atoms with van der Waals surface area (Å²) in [5, 5.41) is 20.6. The van der Waals surface area contributed by atoms with Crippen LogP contribution in [0.2, 0.25) is 0 Å². The lowest BCUT2D eigenvalue weighted by atomic mass is 9.91. The number of aromatic nitrogens is 1. The summed E-state index contributed by atoms with van der Waals surface area (Å²) in [7, 11) is 0. The predicted octanol–water partition coefficient (Wildman–Crippen LogP) is 4.79. The van der Waals surface area contributed by atoms with Crippen molar-refractivity contribution >= 4 is 5.97 Å². The number of carbonyl (C=O) groups is 1. The van der Waals surface area contributed by atoms with Crippen molar-refractivity contribution in [1.29, 1.82) is 0 Å². The van der Waals surface area contributed by atoms with E-state index in [1.54, 1.807) is 6.92 Å². The third-order valence-electron chi connectivity index (χ3n) is 5.76. The third-order valence-corrected chi connectivity index (χ3v) is 5.76. The molecule has 5 atom stereocenters. The van der Waals surface area contributed by atoms with Crippen molar-refractivity contribution in [3.8, 4) is 0 Å². The van der Waals surface area contributed by atoms with Crippen LogP contribution in [0, 0.1) is 12.8 Å². The first kappa shape index (κ1) is 25.0. The van der Waals surface area contributed by atoms with Crippen molar-refractivity contribution in [1.82, 2.24) is 4.98 Å². The van der Waals surface area contributed by atoms with Gasteiger partial charge in [0.2, 0.25) is 0 Å². The van der Waals surface area contributed by atoms with E-state index < -0.39 is 23.8 Å². The van der Waals surface area contributed by atoms with Crippen molar-refractivity contribution < 1.29 is 19.7 Å². The molecule has 1 aromatic rings. The third kappa shape index (κ3) is 8.42. The first-order valence-electron chi connectivity index (χ1n) is 11.1. The predicted molar refractivity (Wildman–Crippen MR) is 124 cm³/mol. The van der Waals surface area contributed by atoms with Gasteiger partial charge in [0, 0.05) is 23.7 Å². The lowest BCUT2D eigenvalue weighted by Gasteiger charge is -2.27. The minimum atomic E-state index is -0.899. The Kier molecular flexibility index (Phi) is 9.20. The number of cyclic esters (lactones) is 1. The van der Waals surface area contributed by atoms with Gasteiger partial charge < -0.3 is 14.9 Å². The summed E-state index contributed by atoms with van der Waals surface area (Å²) in [6.45, 7) is 9.84. The number of esters is 1. The van der Waals surface area contributed by atoms with E-state index in [1.807, 2.05) is 50.4 Å². The number of ether oxygens (including phenoxy) is 1. The molecular weight excluding hydrogens is 390 g/mol. The Morgan fingerprint density at radius 2 is 2.16 bits per heavy atom. The normalized spacial score (nSPS) is 30.9. The van der Waals surface area contributed by atoms with Gasteiger partial charge in [-0.3, -0.25) is 9.78 Å². The van der Waals surface area contributed by atoms with Gasteiger partial charge in [-0.2, -0.15) is 0 Å². The molecule has 1 aliphatic heterocycles. The molecule has 0 fully saturated rings. The standard InChI is InChI=1S/C26H37NO4/c1-18-12-15-27-23(16-18)19(2)8-6-9-20(3)25-21(4)10-7-13-26(5,30)14-11-22(28)17-24(29)31-25/h6-10,12,15-16,19,21-22,25,28,30H,11,13-14,17H2,1-5H3/b8-6+,10-7+,20-9+/t19?,21-,22+,25+,26-/m0/s1. The number of pyridine rings is 1. The topological polar surface area (TPSA) is 79.7 Å². The van der Waals surface area contributed by atoms with E-state index in [1.165, 1.54) is 5.56 Å². The van der Waals surface area contributed by atoms with Gasteiger partial charge in [-0.05, 0) is 63.3 Å². The van der Waals surface area contributed by atoms with Gasteiger partial charge >= 0.3 is 5.97 Å². The molecule has 170 valence electrons. The van der Waals surface area contributed by atoms with Crippen LogP contribution in [0.15, 0.2) is 54.3 Å². The number of rotatable bonds is 4. The van der Waals surface area contributed by atoms with E-state index in [0.717, 1.165) is 11.3 Å². The largest absolute Gasteiger partial charge is 0.457 e. The first-order chi connectivity index (χ1) is 14.6. The quantitative estimate of drug-likeness (QED) is 0.410. The Labute approximate surface area is 186 Å². The zero-order valence-corrected chi connectivity index (χ0v) is 19.4. The highest BCUT2D eigenvalue weighted by Gasteiger charge is 2.26. The van der Waals surface area contributed by atoms with Gasteiger partial charge in [0.1, 0.15) is 6.10 Å². The zero-order chi connectivity index (χ0) is 23.0. The number of hydrogen-bond acceptors (Lipinski definition) is 5. The van der Waals surface area contributed by atoms with Crippen LogP contribution in [-0.4, -0.2) is 39.0 Å². The molecule has 2 rings (SSSR count). The van der Waals surface area contributed by atoms with Crippen LogP contribution in [-0.2, 0) is 9.53 Å². The molecule has 31 heavy (non-hydrogen) atoms. The molecule has 0 bridgehead atoms. The fraction of sp³-hybridized carbons (Fsp3) is 0.538. The maximum atomic E-state index is 12.4. The number of allylic oxidation sites excluding steroid dienone is 3. The molecular formula is C26H37NO4. The highest BCUT2D eigenvalue weighted by atomic mass is 16.5. The summed E-state index contributed by atoms with van der Waals surface area (Å²) in [4.78, 5) is 16.8. The second kappa shape index (κ2) is 11.4. The summed E-state index contributed by atoms with van der Waals surface area (Å²) in [6, 6.07) is 4.06. The van der Waals surface area contributed by atoms with Gasteiger partial charge in [0.15, 0.2) is 0 Å². The summed E-state index contributed by atoms with van der Waals surface area (Å²) < 4.78 is 5.75. The number of aryl methyl sites for hydroxylation is 1. The lowest BCUT2D eigenvalue weighted by Crippen LogP contribution is -2.30. The minimum Gasteiger partial charge on any atom is -0.457 e. The van der Waals surface area contributed by atoms with E-state index >= 15 is 0 Å². The molecule has 0 radical (unpaired) electrons. The molecule has 0 aliphatic carbocycles. The molecule has 5 heteroatoms. The van der Waals surface area contributed by atoms with Crippen LogP contribution in [0.4, 0.5) is 0 Å². The van der Waals surface area contributed by atoms with Gasteiger partial charge in [0.25, 0.3) is 0 Å².